The zero-order chi connectivity index (χ0) is 18.8. The largest absolute Gasteiger partial charge is 0.497 e. The number of fused-ring (bicyclic) bond motifs is 3. The van der Waals surface area contributed by atoms with Crippen LogP contribution in [0.3, 0.4) is 0 Å². The van der Waals surface area contributed by atoms with Crippen molar-refractivity contribution in [1.29, 1.82) is 0 Å². The topological polar surface area (TPSA) is 57.9 Å². The van der Waals surface area contributed by atoms with Crippen molar-refractivity contribution in [2.45, 2.75) is 6.61 Å². The predicted octanol–water partition coefficient (Wildman–Crippen LogP) is 4.54. The Bertz CT molecular complexity index is 1180. The number of benzene rings is 3. The van der Waals surface area contributed by atoms with Crippen LogP contribution in [0.1, 0.15) is 5.56 Å². The molecule has 0 bridgehead atoms. The summed E-state index contributed by atoms with van der Waals surface area (Å²) in [7, 11) is 3.20. The first-order valence-corrected chi connectivity index (χ1v) is 8.48. The fourth-order valence-electron chi connectivity index (χ4n) is 3.04. The minimum Gasteiger partial charge on any atom is -0.497 e. The summed E-state index contributed by atoms with van der Waals surface area (Å²) in [6.07, 6.45) is 0. The van der Waals surface area contributed by atoms with E-state index in [9.17, 15) is 4.79 Å². The van der Waals surface area contributed by atoms with Crippen LogP contribution in [0.25, 0.3) is 21.7 Å². The van der Waals surface area contributed by atoms with E-state index in [1.165, 1.54) is 0 Å². The molecule has 1 aromatic heterocycles. The van der Waals surface area contributed by atoms with Gasteiger partial charge in [-0.2, -0.15) is 0 Å². The highest BCUT2D eigenvalue weighted by Crippen LogP contribution is 2.29. The van der Waals surface area contributed by atoms with E-state index >= 15 is 0 Å². The molecule has 5 nitrogen and oxygen atoms in total. The van der Waals surface area contributed by atoms with Crippen molar-refractivity contribution in [3.8, 4) is 17.2 Å². The molecule has 0 aliphatic carbocycles. The van der Waals surface area contributed by atoms with Crippen molar-refractivity contribution in [3.05, 3.63) is 76.6 Å². The van der Waals surface area contributed by atoms with Gasteiger partial charge in [0, 0.05) is 16.8 Å². The molecule has 0 fully saturated rings. The summed E-state index contributed by atoms with van der Waals surface area (Å²) in [5.41, 5.74) is 1.07. The number of ether oxygens (including phenoxy) is 3. The lowest BCUT2D eigenvalue weighted by Gasteiger charge is -2.09. The van der Waals surface area contributed by atoms with Crippen LogP contribution in [0.15, 0.2) is 69.9 Å². The molecule has 136 valence electrons. The van der Waals surface area contributed by atoms with Gasteiger partial charge in [-0.15, -0.1) is 0 Å². The fourth-order valence-corrected chi connectivity index (χ4v) is 3.04. The molecule has 5 heteroatoms. The van der Waals surface area contributed by atoms with E-state index in [-0.39, 0.29) is 0 Å². The molecule has 4 rings (SSSR count). The first kappa shape index (κ1) is 17.0. The standard InChI is InChI=1S/C22H18O5/c1-24-15-5-3-4-14(10-15)13-26-17-7-9-19-18-8-6-16(25-2)11-20(18)22(23)27-21(19)12-17/h3-12H,13H2,1-2H3. The van der Waals surface area contributed by atoms with Gasteiger partial charge < -0.3 is 18.6 Å². The Morgan fingerprint density at radius 2 is 1.52 bits per heavy atom. The Hall–Kier alpha value is -3.47. The maximum absolute atomic E-state index is 12.3. The molecule has 4 aromatic rings. The monoisotopic (exact) mass is 362 g/mol. The predicted molar refractivity (Wildman–Crippen MR) is 104 cm³/mol. The summed E-state index contributed by atoms with van der Waals surface area (Å²) in [5.74, 6) is 2.02. The highest BCUT2D eigenvalue weighted by atomic mass is 16.5. The molecular weight excluding hydrogens is 344 g/mol. The number of methoxy groups -OCH3 is 2. The lowest BCUT2D eigenvalue weighted by Crippen LogP contribution is -2.01. The van der Waals surface area contributed by atoms with Gasteiger partial charge in [0.1, 0.15) is 29.4 Å². The summed E-state index contributed by atoms with van der Waals surface area (Å²) in [6, 6.07) is 18.6. The van der Waals surface area contributed by atoms with Crippen LogP contribution in [0.4, 0.5) is 0 Å². The van der Waals surface area contributed by atoms with E-state index in [0.29, 0.717) is 29.1 Å². The fraction of sp³-hybridized carbons (Fsp3) is 0.136. The zero-order valence-electron chi connectivity index (χ0n) is 15.0. The first-order valence-electron chi connectivity index (χ1n) is 8.48. The average molecular weight is 362 g/mol. The van der Waals surface area contributed by atoms with E-state index in [0.717, 1.165) is 22.1 Å². The Morgan fingerprint density at radius 3 is 2.33 bits per heavy atom. The van der Waals surface area contributed by atoms with Gasteiger partial charge in [-0.05, 0) is 48.0 Å². The van der Waals surface area contributed by atoms with Gasteiger partial charge in [0.25, 0.3) is 0 Å². The summed E-state index contributed by atoms with van der Waals surface area (Å²) in [4.78, 5) is 12.3. The summed E-state index contributed by atoms with van der Waals surface area (Å²) >= 11 is 0. The van der Waals surface area contributed by atoms with Crippen molar-refractivity contribution < 1.29 is 18.6 Å². The number of hydrogen-bond acceptors (Lipinski definition) is 5. The lowest BCUT2D eigenvalue weighted by molar-refractivity contribution is 0.305. The van der Waals surface area contributed by atoms with Crippen molar-refractivity contribution in [1.82, 2.24) is 0 Å². The Kier molecular flexibility index (Phi) is 4.42. The highest BCUT2D eigenvalue weighted by Gasteiger charge is 2.10. The van der Waals surface area contributed by atoms with Crippen molar-refractivity contribution in [2.75, 3.05) is 14.2 Å². The molecule has 0 aliphatic heterocycles. The van der Waals surface area contributed by atoms with Gasteiger partial charge in [0.15, 0.2) is 0 Å². The van der Waals surface area contributed by atoms with Gasteiger partial charge in [-0.3, -0.25) is 0 Å². The Labute approximate surface area is 155 Å². The second-order valence-corrected chi connectivity index (χ2v) is 6.10. The molecule has 0 saturated carbocycles. The molecule has 0 atom stereocenters. The quantitative estimate of drug-likeness (QED) is 0.385. The van der Waals surface area contributed by atoms with Crippen LogP contribution < -0.4 is 19.8 Å². The number of hydrogen-bond donors (Lipinski definition) is 0. The Morgan fingerprint density at radius 1 is 0.778 bits per heavy atom. The molecule has 0 radical (unpaired) electrons. The third-order valence-electron chi connectivity index (χ3n) is 4.43. The third kappa shape index (κ3) is 3.31. The molecule has 0 spiro atoms. The number of rotatable bonds is 5. The van der Waals surface area contributed by atoms with Crippen molar-refractivity contribution >= 4 is 21.7 Å². The van der Waals surface area contributed by atoms with Crippen LogP contribution >= 0.6 is 0 Å². The highest BCUT2D eigenvalue weighted by molar-refractivity contribution is 6.04. The smallest absolute Gasteiger partial charge is 0.344 e. The van der Waals surface area contributed by atoms with Crippen molar-refractivity contribution in [2.24, 2.45) is 0 Å². The molecule has 1 heterocycles. The SMILES string of the molecule is COc1cccc(COc2ccc3c(c2)oc(=O)c2cc(OC)ccc23)c1. The normalized spacial score (nSPS) is 10.9. The van der Waals surface area contributed by atoms with Crippen molar-refractivity contribution in [3.63, 3.8) is 0 Å². The lowest BCUT2D eigenvalue weighted by atomic mass is 10.1. The van der Waals surface area contributed by atoms with Crippen LogP contribution in [0.5, 0.6) is 17.2 Å². The average Bonchev–Trinajstić information content (AvgIpc) is 2.72. The maximum atomic E-state index is 12.3. The molecule has 27 heavy (non-hydrogen) atoms. The minimum absolute atomic E-state index is 0.387. The van der Waals surface area contributed by atoms with Gasteiger partial charge in [-0.1, -0.05) is 12.1 Å². The third-order valence-corrected chi connectivity index (χ3v) is 4.43. The molecule has 0 amide bonds. The van der Waals surface area contributed by atoms with Crippen LogP contribution in [0.2, 0.25) is 0 Å². The molecule has 0 aliphatic rings. The van der Waals surface area contributed by atoms with Gasteiger partial charge in [0.2, 0.25) is 0 Å². The molecule has 0 unspecified atom stereocenters. The molecule has 3 aromatic carbocycles. The maximum Gasteiger partial charge on any atom is 0.344 e. The Balaban J connectivity index is 1.67. The van der Waals surface area contributed by atoms with Crippen LogP contribution in [0, 0.1) is 0 Å². The van der Waals surface area contributed by atoms with Crippen LogP contribution in [-0.2, 0) is 6.61 Å². The second kappa shape index (κ2) is 7.03. The first-order chi connectivity index (χ1) is 13.2. The van der Waals surface area contributed by atoms with E-state index in [4.69, 9.17) is 18.6 Å². The van der Waals surface area contributed by atoms with Crippen LogP contribution in [-0.4, -0.2) is 14.2 Å². The van der Waals surface area contributed by atoms with E-state index < -0.39 is 5.63 Å². The summed E-state index contributed by atoms with van der Waals surface area (Å²) < 4.78 is 21.8. The molecule has 0 saturated heterocycles. The van der Waals surface area contributed by atoms with Gasteiger partial charge in [0.05, 0.1) is 19.6 Å². The van der Waals surface area contributed by atoms with E-state index in [1.807, 2.05) is 48.5 Å². The molecular formula is C22H18O5. The summed E-state index contributed by atoms with van der Waals surface area (Å²) in [6.45, 7) is 0.387. The van der Waals surface area contributed by atoms with Gasteiger partial charge in [-0.25, -0.2) is 4.79 Å². The second-order valence-electron chi connectivity index (χ2n) is 6.10. The summed E-state index contributed by atoms with van der Waals surface area (Å²) in [5, 5.41) is 2.16. The minimum atomic E-state index is -0.402. The molecule has 0 N–H and O–H groups in total. The van der Waals surface area contributed by atoms with E-state index in [2.05, 4.69) is 0 Å². The zero-order valence-corrected chi connectivity index (χ0v) is 15.0. The van der Waals surface area contributed by atoms with Gasteiger partial charge >= 0.3 is 5.63 Å². The van der Waals surface area contributed by atoms with E-state index in [1.54, 1.807) is 26.4 Å².